The first-order chi connectivity index (χ1) is 13.3. The number of carbonyl (C=O) groups excluding carboxylic acids is 1. The molecule has 5 nitrogen and oxygen atoms in total. The fourth-order valence-electron chi connectivity index (χ4n) is 3.05. The van der Waals surface area contributed by atoms with Crippen LogP contribution < -0.4 is 10.1 Å². The first-order valence-corrected chi connectivity index (χ1v) is 8.80. The van der Waals surface area contributed by atoms with E-state index in [1.54, 1.807) is 17.7 Å². The van der Waals surface area contributed by atoms with E-state index in [0.717, 1.165) is 16.8 Å². The van der Waals surface area contributed by atoms with Crippen LogP contribution >= 0.6 is 0 Å². The normalized spacial score (nSPS) is 10.9. The number of nitrogens with one attached hydrogen (secondary N) is 1. The third-order valence-electron chi connectivity index (χ3n) is 4.38. The molecule has 3 rings (SSSR count). The second-order valence-electron chi connectivity index (χ2n) is 6.52. The number of halogens is 2. The van der Waals surface area contributed by atoms with Gasteiger partial charge in [-0.15, -0.1) is 0 Å². The van der Waals surface area contributed by atoms with Crippen molar-refractivity contribution in [1.29, 1.82) is 0 Å². The average molecular weight is 385 g/mol. The van der Waals surface area contributed by atoms with Crippen molar-refractivity contribution < 1.29 is 18.3 Å². The minimum atomic E-state index is -3.01. The Kier molecular flexibility index (Phi) is 5.73. The Balaban J connectivity index is 1.84. The predicted octanol–water partition coefficient (Wildman–Crippen LogP) is 4.71. The highest BCUT2D eigenvalue weighted by molar-refractivity contribution is 6.06. The zero-order valence-electron chi connectivity index (χ0n) is 15.9. The van der Waals surface area contributed by atoms with Gasteiger partial charge in [0.15, 0.2) is 0 Å². The van der Waals surface area contributed by atoms with E-state index in [1.807, 2.05) is 32.0 Å². The molecule has 0 fully saturated rings. The van der Waals surface area contributed by atoms with E-state index in [2.05, 4.69) is 21.2 Å². The summed E-state index contributed by atoms with van der Waals surface area (Å²) in [5.74, 6) is -0.699. The van der Waals surface area contributed by atoms with Crippen LogP contribution in [0.3, 0.4) is 0 Å². The van der Waals surface area contributed by atoms with Crippen molar-refractivity contribution in [2.45, 2.75) is 33.9 Å². The molecular weight excluding hydrogens is 364 g/mol. The van der Waals surface area contributed by atoms with Crippen molar-refractivity contribution in [1.82, 2.24) is 9.78 Å². The van der Waals surface area contributed by atoms with Gasteiger partial charge in [0.1, 0.15) is 5.75 Å². The summed E-state index contributed by atoms with van der Waals surface area (Å²) >= 11 is 0. The number of aryl methyl sites for hydroxylation is 2. The number of hydrogen-bond acceptors (Lipinski definition) is 3. The topological polar surface area (TPSA) is 56.2 Å². The largest absolute Gasteiger partial charge is 0.434 e. The van der Waals surface area contributed by atoms with E-state index in [-0.39, 0.29) is 11.3 Å². The highest BCUT2D eigenvalue weighted by Gasteiger charge is 2.19. The summed E-state index contributed by atoms with van der Waals surface area (Å²) < 4.78 is 31.4. The number of carbonyl (C=O) groups is 1. The summed E-state index contributed by atoms with van der Waals surface area (Å²) in [6.07, 6.45) is 0. The maximum Gasteiger partial charge on any atom is 0.387 e. The zero-order chi connectivity index (χ0) is 20.3. The fraction of sp³-hybridized carbons (Fsp3) is 0.238. The summed E-state index contributed by atoms with van der Waals surface area (Å²) in [6, 6.07) is 14.0. The van der Waals surface area contributed by atoms with Crippen molar-refractivity contribution in [3.8, 4) is 5.75 Å². The van der Waals surface area contributed by atoms with Crippen molar-refractivity contribution in [3.05, 3.63) is 76.6 Å². The van der Waals surface area contributed by atoms with Gasteiger partial charge in [0.2, 0.25) is 0 Å². The number of benzene rings is 2. The molecule has 1 aromatic heterocycles. The number of nitrogens with zero attached hydrogens (tertiary/aromatic N) is 2. The van der Waals surface area contributed by atoms with Crippen LogP contribution in [0, 0.1) is 20.8 Å². The number of aromatic nitrogens is 2. The van der Waals surface area contributed by atoms with Crippen LogP contribution in [0.1, 0.15) is 32.9 Å². The van der Waals surface area contributed by atoms with Crippen LogP contribution in [0.5, 0.6) is 5.75 Å². The molecule has 0 aliphatic rings. The lowest BCUT2D eigenvalue weighted by Gasteiger charge is -2.11. The number of ether oxygens (including phenoxy) is 1. The smallest absolute Gasteiger partial charge is 0.387 e. The second-order valence-corrected chi connectivity index (χ2v) is 6.52. The van der Waals surface area contributed by atoms with Gasteiger partial charge in [0, 0.05) is 0 Å². The van der Waals surface area contributed by atoms with Gasteiger partial charge in [-0.25, -0.2) is 0 Å². The molecule has 7 heteroatoms. The van der Waals surface area contributed by atoms with E-state index in [0.29, 0.717) is 17.9 Å². The van der Waals surface area contributed by atoms with Gasteiger partial charge in [-0.1, -0.05) is 42.0 Å². The molecule has 28 heavy (non-hydrogen) atoms. The molecule has 146 valence electrons. The summed E-state index contributed by atoms with van der Waals surface area (Å²) in [4.78, 5) is 12.7. The molecule has 2 aromatic carbocycles. The highest BCUT2D eigenvalue weighted by Crippen LogP contribution is 2.25. The minimum Gasteiger partial charge on any atom is -0.434 e. The minimum absolute atomic E-state index is 0.0352. The van der Waals surface area contributed by atoms with Gasteiger partial charge in [-0.05, 0) is 38.5 Å². The number of alkyl halides is 2. The molecule has 0 saturated heterocycles. The van der Waals surface area contributed by atoms with Crippen molar-refractivity contribution in [2.75, 3.05) is 5.32 Å². The number of hydrogen-bond donors (Lipinski definition) is 1. The summed E-state index contributed by atoms with van der Waals surface area (Å²) in [6.45, 7) is 3.23. The Morgan fingerprint density at radius 2 is 1.89 bits per heavy atom. The lowest BCUT2D eigenvalue weighted by Crippen LogP contribution is -2.16. The molecule has 0 saturated carbocycles. The predicted molar refractivity (Wildman–Crippen MR) is 103 cm³/mol. The molecule has 0 aliphatic heterocycles. The third-order valence-corrected chi connectivity index (χ3v) is 4.38. The van der Waals surface area contributed by atoms with Gasteiger partial charge in [-0.2, -0.15) is 13.9 Å². The number of rotatable bonds is 6. The molecule has 0 atom stereocenters. The van der Waals surface area contributed by atoms with Crippen LogP contribution in [0.4, 0.5) is 14.5 Å². The number of anilines is 1. The Labute approximate surface area is 161 Å². The van der Waals surface area contributed by atoms with Gasteiger partial charge >= 0.3 is 6.61 Å². The molecule has 0 spiro atoms. The van der Waals surface area contributed by atoms with E-state index in [1.165, 1.54) is 18.2 Å². The Morgan fingerprint density at radius 3 is 2.61 bits per heavy atom. The zero-order valence-corrected chi connectivity index (χ0v) is 15.9. The molecule has 1 amide bonds. The van der Waals surface area contributed by atoms with Crippen molar-refractivity contribution >= 4 is 11.6 Å². The van der Waals surface area contributed by atoms with Gasteiger partial charge in [0.05, 0.1) is 29.2 Å². The van der Waals surface area contributed by atoms with Crippen LogP contribution in [-0.4, -0.2) is 22.3 Å². The van der Waals surface area contributed by atoms with Crippen LogP contribution in [-0.2, 0) is 6.54 Å². The maximum absolute atomic E-state index is 12.7. The van der Waals surface area contributed by atoms with Crippen molar-refractivity contribution in [3.63, 3.8) is 0 Å². The Morgan fingerprint density at radius 1 is 1.14 bits per heavy atom. The van der Waals surface area contributed by atoms with Crippen LogP contribution in [0.25, 0.3) is 0 Å². The lowest BCUT2D eigenvalue weighted by molar-refractivity contribution is -0.0501. The van der Waals surface area contributed by atoms with Gasteiger partial charge in [-0.3, -0.25) is 9.48 Å². The quantitative estimate of drug-likeness (QED) is 0.669. The van der Waals surface area contributed by atoms with E-state index in [4.69, 9.17) is 0 Å². The van der Waals surface area contributed by atoms with E-state index in [9.17, 15) is 13.6 Å². The van der Waals surface area contributed by atoms with Crippen LogP contribution in [0.15, 0.2) is 48.5 Å². The summed E-state index contributed by atoms with van der Waals surface area (Å²) in [7, 11) is 0. The van der Waals surface area contributed by atoms with E-state index < -0.39 is 12.5 Å². The number of amides is 1. The van der Waals surface area contributed by atoms with Crippen molar-refractivity contribution in [2.24, 2.45) is 0 Å². The molecule has 0 aliphatic carbocycles. The highest BCUT2D eigenvalue weighted by atomic mass is 19.3. The first-order valence-electron chi connectivity index (χ1n) is 8.80. The lowest BCUT2D eigenvalue weighted by atomic mass is 10.1. The first kappa shape index (κ1) is 19.5. The van der Waals surface area contributed by atoms with E-state index >= 15 is 0 Å². The average Bonchev–Trinajstić information content (AvgIpc) is 2.89. The molecule has 1 heterocycles. The summed E-state index contributed by atoms with van der Waals surface area (Å²) in [5.41, 5.74) is 4.27. The monoisotopic (exact) mass is 385 g/mol. The Hall–Kier alpha value is -3.22. The SMILES string of the molecule is Cc1cccc(Cn2nc(C)c(NC(=O)c3ccccc3OC(F)F)c2C)c1. The molecule has 0 unspecified atom stereocenters. The molecule has 1 N–H and O–H groups in total. The molecular formula is C21H21F2N3O2. The standard InChI is InChI=1S/C21H21F2N3O2/c1-13-7-6-8-16(11-13)12-26-15(3)19(14(2)25-26)24-20(27)17-9-4-5-10-18(17)28-21(22)23/h4-11,21H,12H2,1-3H3,(H,24,27). The third kappa shape index (κ3) is 4.36. The van der Waals surface area contributed by atoms with Crippen LogP contribution in [0.2, 0.25) is 0 Å². The molecule has 0 bridgehead atoms. The maximum atomic E-state index is 12.7. The molecule has 0 radical (unpaired) electrons. The Bertz CT molecular complexity index is 999. The summed E-state index contributed by atoms with van der Waals surface area (Å²) in [5, 5.41) is 7.28. The second kappa shape index (κ2) is 8.21. The van der Waals surface area contributed by atoms with Gasteiger partial charge < -0.3 is 10.1 Å². The number of para-hydroxylation sites is 1. The molecule has 3 aromatic rings. The van der Waals surface area contributed by atoms with Gasteiger partial charge in [0.25, 0.3) is 5.91 Å². The fourth-order valence-corrected chi connectivity index (χ4v) is 3.05.